The molecular weight excluding hydrogens is 344 g/mol. The van der Waals surface area contributed by atoms with E-state index < -0.39 is 11.5 Å². The summed E-state index contributed by atoms with van der Waals surface area (Å²) in [5.41, 5.74) is 2.61. The molecule has 3 rings (SSSR count). The summed E-state index contributed by atoms with van der Waals surface area (Å²) >= 11 is 0. The molecule has 1 saturated carbocycles. The smallest absolute Gasteiger partial charge is 0.305 e. The lowest BCUT2D eigenvalue weighted by Crippen LogP contribution is -2.54. The molecule has 0 bridgehead atoms. The Morgan fingerprint density at radius 3 is 2.48 bits per heavy atom. The molecule has 27 heavy (non-hydrogen) atoms. The van der Waals surface area contributed by atoms with Gasteiger partial charge >= 0.3 is 5.97 Å². The van der Waals surface area contributed by atoms with Crippen molar-refractivity contribution < 1.29 is 19.4 Å². The first-order valence-electron chi connectivity index (χ1n) is 9.06. The summed E-state index contributed by atoms with van der Waals surface area (Å²) in [5.74, 6) is -0.373. The van der Waals surface area contributed by atoms with E-state index in [0.29, 0.717) is 25.0 Å². The van der Waals surface area contributed by atoms with Gasteiger partial charge < -0.3 is 15.2 Å². The standard InChI is InChI=1S/C21H24N2O4/c1-14-9-17(20(26)23-21(6-4-7-21)11-18(24)25)10-15(2)19(14)27-13-16-5-3-8-22-12-16/h3,5,8-10,12H,4,6-7,11,13H2,1-2H3,(H,23,26)(H,24,25). The number of aliphatic carboxylic acids is 1. The Balaban J connectivity index is 1.72. The maximum Gasteiger partial charge on any atom is 0.305 e. The molecule has 0 radical (unpaired) electrons. The van der Waals surface area contributed by atoms with Crippen molar-refractivity contribution in [2.75, 3.05) is 0 Å². The SMILES string of the molecule is Cc1cc(C(=O)NC2(CC(=O)O)CCC2)cc(C)c1OCc1cccnc1. The molecule has 1 amide bonds. The number of benzene rings is 1. The third-order valence-electron chi connectivity index (χ3n) is 5.01. The summed E-state index contributed by atoms with van der Waals surface area (Å²) in [4.78, 5) is 27.8. The molecule has 0 atom stereocenters. The average Bonchev–Trinajstić information content (AvgIpc) is 2.59. The molecule has 1 aromatic carbocycles. The van der Waals surface area contributed by atoms with Crippen LogP contribution in [0.4, 0.5) is 0 Å². The highest BCUT2D eigenvalue weighted by atomic mass is 16.5. The predicted octanol–water partition coefficient (Wildman–Crippen LogP) is 3.40. The van der Waals surface area contributed by atoms with Gasteiger partial charge in [-0.25, -0.2) is 0 Å². The Bertz CT molecular complexity index is 822. The second-order valence-electron chi connectivity index (χ2n) is 7.25. The number of pyridine rings is 1. The van der Waals surface area contributed by atoms with E-state index in [1.54, 1.807) is 24.5 Å². The Morgan fingerprint density at radius 1 is 1.26 bits per heavy atom. The number of carboxylic acids is 1. The van der Waals surface area contributed by atoms with E-state index in [1.807, 2.05) is 26.0 Å². The minimum atomic E-state index is -0.887. The third kappa shape index (κ3) is 4.45. The molecule has 1 aliphatic carbocycles. The summed E-state index contributed by atoms with van der Waals surface area (Å²) in [6.45, 7) is 4.21. The van der Waals surface area contributed by atoms with Crippen LogP contribution in [0, 0.1) is 13.8 Å². The highest BCUT2D eigenvalue weighted by Crippen LogP contribution is 2.35. The first-order chi connectivity index (χ1) is 12.9. The van der Waals surface area contributed by atoms with E-state index in [1.165, 1.54) is 0 Å². The van der Waals surface area contributed by atoms with Crippen molar-refractivity contribution in [2.45, 2.75) is 51.7 Å². The van der Waals surface area contributed by atoms with Crippen molar-refractivity contribution in [3.05, 3.63) is 58.9 Å². The highest BCUT2D eigenvalue weighted by Gasteiger charge is 2.40. The van der Waals surface area contributed by atoms with E-state index in [9.17, 15) is 9.59 Å². The summed E-state index contributed by atoms with van der Waals surface area (Å²) in [5, 5.41) is 12.0. The lowest BCUT2D eigenvalue weighted by atomic mass is 9.74. The number of amides is 1. The van der Waals surface area contributed by atoms with Crippen LogP contribution in [0.1, 0.15) is 52.7 Å². The fraction of sp³-hybridized carbons (Fsp3) is 0.381. The van der Waals surface area contributed by atoms with E-state index in [2.05, 4.69) is 10.3 Å². The van der Waals surface area contributed by atoms with Gasteiger partial charge in [0.05, 0.1) is 12.0 Å². The lowest BCUT2D eigenvalue weighted by molar-refractivity contribution is -0.139. The van der Waals surface area contributed by atoms with Gasteiger partial charge in [-0.2, -0.15) is 0 Å². The zero-order chi connectivity index (χ0) is 19.4. The van der Waals surface area contributed by atoms with Crippen molar-refractivity contribution in [1.82, 2.24) is 10.3 Å². The van der Waals surface area contributed by atoms with Gasteiger partial charge in [0.2, 0.25) is 0 Å². The molecule has 1 heterocycles. The summed E-state index contributed by atoms with van der Waals surface area (Å²) in [6, 6.07) is 7.38. The number of hydrogen-bond donors (Lipinski definition) is 2. The fourth-order valence-corrected chi connectivity index (χ4v) is 3.50. The molecule has 0 spiro atoms. The number of nitrogens with zero attached hydrogens (tertiary/aromatic N) is 1. The van der Waals surface area contributed by atoms with Crippen molar-refractivity contribution in [3.8, 4) is 5.75 Å². The van der Waals surface area contributed by atoms with Crippen LogP contribution in [0.3, 0.4) is 0 Å². The topological polar surface area (TPSA) is 88.5 Å². The van der Waals surface area contributed by atoms with Gasteiger partial charge in [0.25, 0.3) is 5.91 Å². The number of ether oxygens (including phenoxy) is 1. The number of carboxylic acid groups (broad SMARTS) is 1. The van der Waals surface area contributed by atoms with Gasteiger partial charge in [-0.1, -0.05) is 6.07 Å². The van der Waals surface area contributed by atoms with Crippen molar-refractivity contribution in [1.29, 1.82) is 0 Å². The number of nitrogens with one attached hydrogen (secondary N) is 1. The third-order valence-corrected chi connectivity index (χ3v) is 5.01. The quantitative estimate of drug-likeness (QED) is 0.782. The molecule has 6 heteroatoms. The summed E-state index contributed by atoms with van der Waals surface area (Å²) in [7, 11) is 0. The predicted molar refractivity (Wildman–Crippen MR) is 101 cm³/mol. The number of rotatable bonds is 7. The van der Waals surface area contributed by atoms with Gasteiger partial charge in [-0.15, -0.1) is 0 Å². The molecule has 0 saturated heterocycles. The number of aromatic nitrogens is 1. The minimum absolute atomic E-state index is 0.0387. The molecule has 0 aliphatic heterocycles. The number of aryl methyl sites for hydroxylation is 2. The van der Waals surface area contributed by atoms with Crippen molar-refractivity contribution >= 4 is 11.9 Å². The fourth-order valence-electron chi connectivity index (χ4n) is 3.50. The van der Waals surface area contributed by atoms with Gasteiger partial charge in [0.15, 0.2) is 0 Å². The second kappa shape index (κ2) is 7.78. The second-order valence-corrected chi connectivity index (χ2v) is 7.25. The molecule has 2 aromatic rings. The normalized spacial score (nSPS) is 14.9. The van der Waals surface area contributed by atoms with E-state index in [0.717, 1.165) is 28.9 Å². The van der Waals surface area contributed by atoms with E-state index >= 15 is 0 Å². The van der Waals surface area contributed by atoms with Crippen LogP contribution in [-0.4, -0.2) is 27.5 Å². The van der Waals surface area contributed by atoms with Crippen LogP contribution in [0.25, 0.3) is 0 Å². The van der Waals surface area contributed by atoms with Gasteiger partial charge in [0.1, 0.15) is 12.4 Å². The molecule has 2 N–H and O–H groups in total. The average molecular weight is 368 g/mol. The minimum Gasteiger partial charge on any atom is -0.488 e. The zero-order valence-corrected chi connectivity index (χ0v) is 15.6. The molecule has 1 aliphatic rings. The van der Waals surface area contributed by atoms with Gasteiger partial charge in [-0.3, -0.25) is 14.6 Å². The lowest BCUT2D eigenvalue weighted by Gasteiger charge is -2.41. The van der Waals surface area contributed by atoms with Crippen LogP contribution in [-0.2, 0) is 11.4 Å². The van der Waals surface area contributed by atoms with Gasteiger partial charge in [-0.05, 0) is 62.4 Å². The Morgan fingerprint density at radius 2 is 1.96 bits per heavy atom. The van der Waals surface area contributed by atoms with Crippen LogP contribution in [0.15, 0.2) is 36.7 Å². The Hall–Kier alpha value is -2.89. The number of carbonyl (C=O) groups is 2. The first-order valence-corrected chi connectivity index (χ1v) is 9.06. The summed E-state index contributed by atoms with van der Waals surface area (Å²) < 4.78 is 5.92. The first kappa shape index (κ1) is 18.9. The van der Waals surface area contributed by atoms with Crippen LogP contribution in [0.2, 0.25) is 0 Å². The van der Waals surface area contributed by atoms with Crippen LogP contribution >= 0.6 is 0 Å². The number of hydrogen-bond acceptors (Lipinski definition) is 4. The molecular formula is C21H24N2O4. The molecule has 1 fully saturated rings. The molecule has 6 nitrogen and oxygen atoms in total. The van der Waals surface area contributed by atoms with E-state index in [-0.39, 0.29) is 12.3 Å². The van der Waals surface area contributed by atoms with Crippen molar-refractivity contribution in [3.63, 3.8) is 0 Å². The highest BCUT2D eigenvalue weighted by molar-refractivity contribution is 5.95. The Kier molecular flexibility index (Phi) is 5.44. The molecule has 142 valence electrons. The maximum atomic E-state index is 12.7. The monoisotopic (exact) mass is 368 g/mol. The van der Waals surface area contributed by atoms with Crippen LogP contribution < -0.4 is 10.1 Å². The zero-order valence-electron chi connectivity index (χ0n) is 15.6. The largest absolute Gasteiger partial charge is 0.488 e. The maximum absolute atomic E-state index is 12.7. The van der Waals surface area contributed by atoms with E-state index in [4.69, 9.17) is 9.84 Å². The van der Waals surface area contributed by atoms with Gasteiger partial charge in [0, 0.05) is 23.5 Å². The Labute approximate surface area is 158 Å². The molecule has 1 aromatic heterocycles. The van der Waals surface area contributed by atoms with Crippen LogP contribution in [0.5, 0.6) is 5.75 Å². The number of carbonyl (C=O) groups excluding carboxylic acids is 1. The summed E-state index contributed by atoms with van der Waals surface area (Å²) in [6.07, 6.45) is 5.78. The molecule has 0 unspecified atom stereocenters. The van der Waals surface area contributed by atoms with Crippen molar-refractivity contribution in [2.24, 2.45) is 0 Å².